The number of nitrogens with one attached hydrogen (secondary N) is 1. The fourth-order valence-corrected chi connectivity index (χ4v) is 1.46. The predicted octanol–water partition coefficient (Wildman–Crippen LogP) is -1.17. The molecule has 0 atom stereocenters. The standard InChI is InChI=1S/C9H20N4O/c1-10-13-6-4-12(5-7-13)8-9(14)11(2)3/h10H,4-8H2,1-3H3. The Morgan fingerprint density at radius 3 is 2.29 bits per heavy atom. The maximum Gasteiger partial charge on any atom is 0.236 e. The van der Waals surface area contributed by atoms with Crippen molar-refractivity contribution in [2.24, 2.45) is 0 Å². The molecule has 0 aliphatic carbocycles. The second kappa shape index (κ2) is 5.29. The topological polar surface area (TPSA) is 38.8 Å². The summed E-state index contributed by atoms with van der Waals surface area (Å²) in [6.07, 6.45) is 0. The molecule has 1 heterocycles. The zero-order chi connectivity index (χ0) is 10.6. The van der Waals surface area contributed by atoms with E-state index in [1.54, 1.807) is 19.0 Å². The van der Waals surface area contributed by atoms with Gasteiger partial charge in [0.1, 0.15) is 0 Å². The van der Waals surface area contributed by atoms with E-state index in [-0.39, 0.29) is 5.91 Å². The summed E-state index contributed by atoms with van der Waals surface area (Å²) in [7, 11) is 5.53. The van der Waals surface area contributed by atoms with Crippen molar-refractivity contribution in [3.63, 3.8) is 0 Å². The highest BCUT2D eigenvalue weighted by Crippen LogP contribution is 1.98. The highest BCUT2D eigenvalue weighted by Gasteiger charge is 2.18. The van der Waals surface area contributed by atoms with Crippen LogP contribution in [-0.4, -0.2) is 74.6 Å². The number of carbonyl (C=O) groups is 1. The molecule has 5 nitrogen and oxygen atoms in total. The Bertz CT molecular complexity index is 187. The minimum atomic E-state index is 0.183. The zero-order valence-corrected chi connectivity index (χ0v) is 9.29. The smallest absolute Gasteiger partial charge is 0.236 e. The third-order valence-corrected chi connectivity index (χ3v) is 2.55. The molecule has 0 aromatic heterocycles. The molecule has 1 N–H and O–H groups in total. The van der Waals surface area contributed by atoms with Crippen molar-refractivity contribution in [3.8, 4) is 0 Å². The minimum absolute atomic E-state index is 0.183. The van der Waals surface area contributed by atoms with Crippen LogP contribution in [0.1, 0.15) is 0 Å². The number of likely N-dealkylation sites (N-methyl/N-ethyl adjacent to an activating group) is 1. The fourth-order valence-electron chi connectivity index (χ4n) is 1.46. The van der Waals surface area contributed by atoms with E-state index in [0.717, 1.165) is 26.2 Å². The number of amides is 1. The lowest BCUT2D eigenvalue weighted by Gasteiger charge is -2.33. The van der Waals surface area contributed by atoms with Crippen molar-refractivity contribution in [1.82, 2.24) is 20.2 Å². The molecule has 0 aromatic carbocycles. The van der Waals surface area contributed by atoms with E-state index in [1.807, 2.05) is 7.05 Å². The molecule has 5 heteroatoms. The highest BCUT2D eigenvalue weighted by atomic mass is 16.2. The van der Waals surface area contributed by atoms with Crippen LogP contribution in [0.25, 0.3) is 0 Å². The number of hydrogen-bond donors (Lipinski definition) is 1. The average Bonchev–Trinajstić information content (AvgIpc) is 2.19. The van der Waals surface area contributed by atoms with Crippen LogP contribution in [0.15, 0.2) is 0 Å². The second-order valence-corrected chi connectivity index (χ2v) is 3.77. The molecule has 1 rings (SSSR count). The zero-order valence-electron chi connectivity index (χ0n) is 9.29. The van der Waals surface area contributed by atoms with Gasteiger partial charge in [-0.15, -0.1) is 0 Å². The van der Waals surface area contributed by atoms with Crippen molar-refractivity contribution in [1.29, 1.82) is 0 Å². The first-order valence-electron chi connectivity index (χ1n) is 4.98. The van der Waals surface area contributed by atoms with Crippen LogP contribution in [0, 0.1) is 0 Å². The van der Waals surface area contributed by atoms with Crippen LogP contribution in [0.2, 0.25) is 0 Å². The largest absolute Gasteiger partial charge is 0.348 e. The van der Waals surface area contributed by atoms with Gasteiger partial charge in [-0.3, -0.25) is 15.1 Å². The lowest BCUT2D eigenvalue weighted by Crippen LogP contribution is -2.52. The molecule has 1 aliphatic rings. The summed E-state index contributed by atoms with van der Waals surface area (Å²) in [6.45, 7) is 4.43. The van der Waals surface area contributed by atoms with Crippen LogP contribution in [0.5, 0.6) is 0 Å². The second-order valence-electron chi connectivity index (χ2n) is 3.77. The summed E-state index contributed by atoms with van der Waals surface area (Å²) < 4.78 is 0. The Morgan fingerprint density at radius 2 is 1.86 bits per heavy atom. The van der Waals surface area contributed by atoms with E-state index < -0.39 is 0 Å². The summed E-state index contributed by atoms with van der Waals surface area (Å²) in [5, 5.41) is 2.16. The van der Waals surface area contributed by atoms with Gasteiger partial charge >= 0.3 is 0 Å². The van der Waals surface area contributed by atoms with Crippen molar-refractivity contribution in [2.75, 3.05) is 53.9 Å². The molecule has 0 spiro atoms. The third kappa shape index (κ3) is 3.25. The first kappa shape index (κ1) is 11.4. The molecule has 1 aliphatic heterocycles. The quantitative estimate of drug-likeness (QED) is 0.623. The summed E-state index contributed by atoms with van der Waals surface area (Å²) in [5.41, 5.74) is 3.11. The van der Waals surface area contributed by atoms with Gasteiger partial charge in [0.2, 0.25) is 5.91 Å². The highest BCUT2D eigenvalue weighted by molar-refractivity contribution is 5.77. The molecule has 0 unspecified atom stereocenters. The van der Waals surface area contributed by atoms with E-state index in [1.165, 1.54) is 0 Å². The van der Waals surface area contributed by atoms with Gasteiger partial charge in [-0.25, -0.2) is 5.01 Å². The SMILES string of the molecule is CNN1CCN(CC(=O)N(C)C)CC1. The Hall–Kier alpha value is -0.650. The van der Waals surface area contributed by atoms with Crippen LogP contribution < -0.4 is 5.43 Å². The van der Waals surface area contributed by atoms with Gasteiger partial charge in [0.15, 0.2) is 0 Å². The normalized spacial score (nSPS) is 19.6. The van der Waals surface area contributed by atoms with Gasteiger partial charge in [-0.1, -0.05) is 0 Å². The van der Waals surface area contributed by atoms with Gasteiger partial charge in [-0.2, -0.15) is 0 Å². The van der Waals surface area contributed by atoms with Crippen molar-refractivity contribution in [3.05, 3.63) is 0 Å². The van der Waals surface area contributed by atoms with E-state index in [0.29, 0.717) is 6.54 Å². The Kier molecular flexibility index (Phi) is 4.31. The van der Waals surface area contributed by atoms with Crippen LogP contribution >= 0.6 is 0 Å². The molecule has 1 fully saturated rings. The van der Waals surface area contributed by atoms with Gasteiger partial charge in [0.05, 0.1) is 6.54 Å². The van der Waals surface area contributed by atoms with E-state index in [4.69, 9.17) is 0 Å². The number of nitrogens with zero attached hydrogens (tertiary/aromatic N) is 3. The molecule has 14 heavy (non-hydrogen) atoms. The number of hydrogen-bond acceptors (Lipinski definition) is 4. The van der Waals surface area contributed by atoms with E-state index in [2.05, 4.69) is 15.3 Å². The summed E-state index contributed by atoms with van der Waals surface area (Å²) in [6, 6.07) is 0. The van der Waals surface area contributed by atoms with Gasteiger partial charge < -0.3 is 4.90 Å². The maximum absolute atomic E-state index is 11.4. The Labute approximate surface area is 85.6 Å². The average molecular weight is 200 g/mol. The summed E-state index contributed by atoms with van der Waals surface area (Å²) in [5.74, 6) is 0.183. The molecule has 0 aromatic rings. The van der Waals surface area contributed by atoms with Crippen LogP contribution in [0.3, 0.4) is 0 Å². The molecular formula is C9H20N4O. The Balaban J connectivity index is 2.25. The van der Waals surface area contributed by atoms with Gasteiger partial charge in [0, 0.05) is 40.3 Å². The molecule has 1 amide bonds. The molecule has 0 bridgehead atoms. The van der Waals surface area contributed by atoms with E-state index in [9.17, 15) is 4.79 Å². The number of carbonyl (C=O) groups excluding carboxylic acids is 1. The number of hydrazine groups is 1. The van der Waals surface area contributed by atoms with Gasteiger partial charge in [-0.05, 0) is 7.05 Å². The predicted molar refractivity (Wildman–Crippen MR) is 55.8 cm³/mol. The third-order valence-electron chi connectivity index (χ3n) is 2.55. The fraction of sp³-hybridized carbons (Fsp3) is 0.889. The lowest BCUT2D eigenvalue weighted by atomic mass is 10.3. The maximum atomic E-state index is 11.4. The van der Waals surface area contributed by atoms with E-state index >= 15 is 0 Å². The minimum Gasteiger partial charge on any atom is -0.348 e. The number of piperazine rings is 1. The van der Waals surface area contributed by atoms with Crippen LogP contribution in [-0.2, 0) is 4.79 Å². The summed E-state index contributed by atoms with van der Waals surface area (Å²) in [4.78, 5) is 15.3. The number of rotatable bonds is 3. The molecule has 0 saturated carbocycles. The Morgan fingerprint density at radius 1 is 1.29 bits per heavy atom. The molecule has 82 valence electrons. The molecule has 0 radical (unpaired) electrons. The monoisotopic (exact) mass is 200 g/mol. The van der Waals surface area contributed by atoms with Crippen LogP contribution in [0.4, 0.5) is 0 Å². The lowest BCUT2D eigenvalue weighted by molar-refractivity contribution is -0.130. The molecular weight excluding hydrogens is 180 g/mol. The van der Waals surface area contributed by atoms with Crippen molar-refractivity contribution in [2.45, 2.75) is 0 Å². The summed E-state index contributed by atoms with van der Waals surface area (Å²) >= 11 is 0. The molecule has 1 saturated heterocycles. The van der Waals surface area contributed by atoms with Gasteiger partial charge in [0.25, 0.3) is 0 Å². The van der Waals surface area contributed by atoms with Crippen molar-refractivity contribution >= 4 is 5.91 Å². The van der Waals surface area contributed by atoms with Crippen molar-refractivity contribution < 1.29 is 4.79 Å². The first-order chi connectivity index (χ1) is 6.63. The first-order valence-corrected chi connectivity index (χ1v) is 4.98.